The first-order chi connectivity index (χ1) is 12.9. The predicted molar refractivity (Wildman–Crippen MR) is 109 cm³/mol. The van der Waals surface area contributed by atoms with Crippen LogP contribution in [0, 0.1) is 6.57 Å². The summed E-state index contributed by atoms with van der Waals surface area (Å²) in [4.78, 5) is 3.45. The second-order valence-corrected chi connectivity index (χ2v) is 8.39. The van der Waals surface area contributed by atoms with E-state index in [-0.39, 0.29) is 10.6 Å². The van der Waals surface area contributed by atoms with Gasteiger partial charge < -0.3 is 4.74 Å². The number of anilines is 1. The van der Waals surface area contributed by atoms with Gasteiger partial charge in [-0.05, 0) is 48.5 Å². The zero-order chi connectivity index (χ0) is 19.4. The molecule has 0 unspecified atom stereocenters. The van der Waals surface area contributed by atoms with Crippen molar-refractivity contribution < 1.29 is 13.2 Å². The lowest BCUT2D eigenvalue weighted by Crippen LogP contribution is -2.12. The number of rotatable bonds is 5. The Morgan fingerprint density at radius 3 is 2.41 bits per heavy atom. The molecule has 3 rings (SSSR count). The molecule has 1 N–H and O–H groups in total. The van der Waals surface area contributed by atoms with Crippen molar-refractivity contribution in [2.75, 3.05) is 4.72 Å². The Labute approximate surface area is 170 Å². The fourth-order valence-electron chi connectivity index (χ4n) is 2.27. The molecule has 3 aromatic carbocycles. The molecule has 0 aromatic heterocycles. The first-order valence-corrected chi connectivity index (χ1v) is 10.3. The number of para-hydroxylation sites is 1. The summed E-state index contributed by atoms with van der Waals surface area (Å²) in [5, 5.41) is 0.292. The maximum Gasteiger partial charge on any atom is 0.261 e. The highest BCUT2D eigenvalue weighted by atomic mass is 79.9. The summed E-state index contributed by atoms with van der Waals surface area (Å²) < 4.78 is 34.0. The molecule has 0 radical (unpaired) electrons. The minimum Gasteiger partial charge on any atom is -0.468 e. The van der Waals surface area contributed by atoms with E-state index in [1.165, 1.54) is 24.3 Å². The smallest absolute Gasteiger partial charge is 0.261 e. The summed E-state index contributed by atoms with van der Waals surface area (Å²) in [5.41, 5.74) is 0.650. The number of nitrogens with one attached hydrogen (secondary N) is 1. The van der Waals surface area contributed by atoms with Gasteiger partial charge in [-0.1, -0.05) is 45.7 Å². The molecule has 27 heavy (non-hydrogen) atoms. The van der Waals surface area contributed by atoms with Gasteiger partial charge in [0.25, 0.3) is 10.0 Å². The van der Waals surface area contributed by atoms with E-state index in [1.54, 1.807) is 42.5 Å². The number of ether oxygens (including phenoxy) is 1. The molecule has 5 nitrogen and oxygen atoms in total. The summed E-state index contributed by atoms with van der Waals surface area (Å²) in [6.07, 6.45) is 0. The largest absolute Gasteiger partial charge is 0.468 e. The Hall–Kier alpha value is -2.53. The van der Waals surface area contributed by atoms with Crippen molar-refractivity contribution in [3.05, 3.63) is 87.6 Å². The van der Waals surface area contributed by atoms with E-state index in [9.17, 15) is 8.42 Å². The lowest BCUT2D eigenvalue weighted by molar-refractivity contribution is 0.485. The van der Waals surface area contributed by atoms with Gasteiger partial charge in [-0.2, -0.15) is 0 Å². The highest BCUT2D eigenvalue weighted by molar-refractivity contribution is 9.10. The van der Waals surface area contributed by atoms with Crippen molar-refractivity contribution in [3.8, 4) is 11.5 Å². The van der Waals surface area contributed by atoms with E-state index in [4.69, 9.17) is 22.9 Å². The van der Waals surface area contributed by atoms with E-state index in [0.29, 0.717) is 22.2 Å². The van der Waals surface area contributed by atoms with Crippen LogP contribution in [0.3, 0.4) is 0 Å². The van der Waals surface area contributed by atoms with Gasteiger partial charge in [0.05, 0.1) is 16.5 Å². The van der Waals surface area contributed by atoms with Crippen LogP contribution in [0.2, 0.25) is 5.02 Å². The Kier molecular flexibility index (Phi) is 5.71. The minimum absolute atomic E-state index is 0.0892. The number of hydrogen-bond acceptors (Lipinski definition) is 3. The van der Waals surface area contributed by atoms with Crippen molar-refractivity contribution in [3.63, 3.8) is 0 Å². The van der Waals surface area contributed by atoms with Crippen molar-refractivity contribution in [1.29, 1.82) is 0 Å². The fourth-order valence-corrected chi connectivity index (χ4v) is 3.92. The zero-order valence-corrected chi connectivity index (χ0v) is 16.8. The van der Waals surface area contributed by atoms with Crippen molar-refractivity contribution in [2.24, 2.45) is 0 Å². The maximum absolute atomic E-state index is 12.5. The third-order valence-electron chi connectivity index (χ3n) is 3.50. The molecule has 0 heterocycles. The van der Waals surface area contributed by atoms with E-state index >= 15 is 0 Å². The Morgan fingerprint density at radius 2 is 1.74 bits per heavy atom. The standard InChI is InChI=1S/C19H12BrClN2O3S/c1-22-19-17(21)6-3-7-18(19)26-15-8-10-16(11-9-15)27(24,25)23-14-5-2-4-13(20)12-14/h2-12,23H. The van der Waals surface area contributed by atoms with Crippen LogP contribution in [-0.2, 0) is 10.0 Å². The van der Waals surface area contributed by atoms with E-state index < -0.39 is 10.0 Å². The molecule has 3 aromatic rings. The van der Waals surface area contributed by atoms with Crippen LogP contribution in [0.5, 0.6) is 11.5 Å². The Bertz CT molecular complexity index is 1130. The minimum atomic E-state index is -3.74. The van der Waals surface area contributed by atoms with Crippen molar-refractivity contribution in [2.45, 2.75) is 4.90 Å². The van der Waals surface area contributed by atoms with Gasteiger partial charge in [0.2, 0.25) is 5.69 Å². The fraction of sp³-hybridized carbons (Fsp3) is 0. The van der Waals surface area contributed by atoms with E-state index in [2.05, 4.69) is 25.5 Å². The van der Waals surface area contributed by atoms with Crippen LogP contribution >= 0.6 is 27.5 Å². The van der Waals surface area contributed by atoms with Crippen LogP contribution in [0.15, 0.2) is 76.1 Å². The first-order valence-electron chi connectivity index (χ1n) is 7.61. The van der Waals surface area contributed by atoms with E-state index in [1.807, 2.05) is 0 Å². The average Bonchev–Trinajstić information content (AvgIpc) is 2.62. The summed E-state index contributed by atoms with van der Waals surface area (Å²) in [6.45, 7) is 7.20. The van der Waals surface area contributed by atoms with Gasteiger partial charge >= 0.3 is 0 Å². The molecule has 0 fully saturated rings. The highest BCUT2D eigenvalue weighted by Gasteiger charge is 2.15. The summed E-state index contributed by atoms with van der Waals surface area (Å²) in [6, 6.07) is 17.7. The number of hydrogen-bond donors (Lipinski definition) is 1. The quantitative estimate of drug-likeness (QED) is 0.455. The van der Waals surface area contributed by atoms with Crippen LogP contribution in [0.1, 0.15) is 0 Å². The molecule has 0 aliphatic rings. The molecule has 0 aliphatic carbocycles. The molecule has 0 spiro atoms. The summed E-state index contributed by atoms with van der Waals surface area (Å²) >= 11 is 9.29. The lowest BCUT2D eigenvalue weighted by atomic mass is 10.3. The molecule has 8 heteroatoms. The van der Waals surface area contributed by atoms with Crippen LogP contribution in [0.4, 0.5) is 11.4 Å². The number of nitrogens with zero attached hydrogens (tertiary/aromatic N) is 1. The molecule has 0 saturated heterocycles. The molecule has 0 aliphatic heterocycles. The summed E-state index contributed by atoms with van der Waals surface area (Å²) in [7, 11) is -3.74. The second kappa shape index (κ2) is 8.01. The van der Waals surface area contributed by atoms with Crippen molar-refractivity contribution >= 4 is 48.9 Å². The second-order valence-electron chi connectivity index (χ2n) is 5.39. The van der Waals surface area contributed by atoms with Gasteiger partial charge in [-0.3, -0.25) is 4.72 Å². The van der Waals surface area contributed by atoms with Gasteiger partial charge in [0.1, 0.15) is 11.5 Å². The lowest BCUT2D eigenvalue weighted by Gasteiger charge is -2.11. The van der Waals surface area contributed by atoms with Gasteiger partial charge in [0.15, 0.2) is 0 Å². The molecule has 0 bridgehead atoms. The van der Waals surface area contributed by atoms with Crippen molar-refractivity contribution in [1.82, 2.24) is 0 Å². The van der Waals surface area contributed by atoms with Crippen LogP contribution < -0.4 is 9.46 Å². The first kappa shape index (κ1) is 19.2. The molecular weight excluding hydrogens is 452 g/mol. The normalized spacial score (nSPS) is 10.9. The Balaban J connectivity index is 1.81. The van der Waals surface area contributed by atoms with Gasteiger partial charge in [-0.25, -0.2) is 13.3 Å². The molecular formula is C19H12BrClN2O3S. The van der Waals surface area contributed by atoms with Crippen LogP contribution in [-0.4, -0.2) is 8.42 Å². The molecule has 136 valence electrons. The monoisotopic (exact) mass is 462 g/mol. The number of sulfonamides is 1. The molecule has 0 amide bonds. The average molecular weight is 464 g/mol. The van der Waals surface area contributed by atoms with Gasteiger partial charge in [0, 0.05) is 10.2 Å². The zero-order valence-electron chi connectivity index (χ0n) is 13.7. The SMILES string of the molecule is [C-]#[N+]c1c(Cl)cccc1Oc1ccc(S(=O)(=O)Nc2cccc(Br)c2)cc1. The third-order valence-corrected chi connectivity index (χ3v) is 5.70. The third kappa shape index (κ3) is 4.61. The number of halogens is 2. The topological polar surface area (TPSA) is 59.8 Å². The number of benzene rings is 3. The highest BCUT2D eigenvalue weighted by Crippen LogP contribution is 2.37. The molecule has 0 atom stereocenters. The summed E-state index contributed by atoms with van der Waals surface area (Å²) in [5.74, 6) is 0.698. The van der Waals surface area contributed by atoms with Gasteiger partial charge in [-0.15, -0.1) is 0 Å². The molecule has 0 saturated carbocycles. The Morgan fingerprint density at radius 1 is 1.04 bits per heavy atom. The van der Waals surface area contributed by atoms with E-state index in [0.717, 1.165) is 4.47 Å². The van der Waals surface area contributed by atoms with Crippen LogP contribution in [0.25, 0.3) is 4.85 Å². The maximum atomic E-state index is 12.5. The predicted octanol–water partition coefficient (Wildman–Crippen LogP) is 6.25.